The standard InChI is InChI=1S/C16H17N3O3/c17-15(20)11-7-22-14-2-1-9(5-10(11)14)16(21)19-13-4-8-3-12(13)18-6-8/h1-2,5,7-8,12-13,18H,3-4,6H2,(H2,17,20)(H,19,21). The summed E-state index contributed by atoms with van der Waals surface area (Å²) in [5.41, 5.74) is 6.67. The molecule has 2 aromatic rings. The minimum absolute atomic E-state index is 0.127. The molecule has 0 spiro atoms. The Hall–Kier alpha value is -2.34. The van der Waals surface area contributed by atoms with Crippen molar-refractivity contribution in [3.8, 4) is 0 Å². The van der Waals surface area contributed by atoms with E-state index in [0.29, 0.717) is 34.1 Å². The third kappa shape index (κ3) is 2.07. The summed E-state index contributed by atoms with van der Waals surface area (Å²) >= 11 is 0. The minimum atomic E-state index is -0.561. The Kier molecular flexibility index (Phi) is 2.94. The van der Waals surface area contributed by atoms with Gasteiger partial charge < -0.3 is 20.8 Å². The molecular formula is C16H17N3O3. The molecule has 3 unspecified atom stereocenters. The van der Waals surface area contributed by atoms with Gasteiger partial charge in [0.1, 0.15) is 11.8 Å². The summed E-state index contributed by atoms with van der Waals surface area (Å²) in [5.74, 6) is -0.0143. The summed E-state index contributed by atoms with van der Waals surface area (Å²) < 4.78 is 5.28. The average Bonchev–Trinajstić information content (AvgIpc) is 3.20. The van der Waals surface area contributed by atoms with Gasteiger partial charge in [-0.25, -0.2) is 0 Å². The first-order valence-electron chi connectivity index (χ1n) is 7.47. The monoisotopic (exact) mass is 299 g/mol. The average molecular weight is 299 g/mol. The number of piperidine rings is 1. The van der Waals surface area contributed by atoms with Crippen molar-refractivity contribution in [2.75, 3.05) is 6.54 Å². The number of amides is 2. The van der Waals surface area contributed by atoms with E-state index in [1.54, 1.807) is 18.2 Å². The number of fused-ring (bicyclic) bond motifs is 3. The van der Waals surface area contributed by atoms with E-state index >= 15 is 0 Å². The molecule has 4 rings (SSSR count). The van der Waals surface area contributed by atoms with Gasteiger partial charge in [-0.2, -0.15) is 0 Å². The summed E-state index contributed by atoms with van der Waals surface area (Å²) in [6.07, 6.45) is 3.50. The number of benzene rings is 1. The molecule has 6 heteroatoms. The van der Waals surface area contributed by atoms with E-state index in [9.17, 15) is 9.59 Å². The van der Waals surface area contributed by atoms with Crippen molar-refractivity contribution >= 4 is 22.8 Å². The lowest BCUT2D eigenvalue weighted by atomic mass is 10.1. The van der Waals surface area contributed by atoms with Crippen molar-refractivity contribution < 1.29 is 14.0 Å². The van der Waals surface area contributed by atoms with Crippen molar-refractivity contribution in [1.29, 1.82) is 0 Å². The highest BCUT2D eigenvalue weighted by Gasteiger charge is 2.40. The molecule has 6 nitrogen and oxygen atoms in total. The Labute approximate surface area is 127 Å². The summed E-state index contributed by atoms with van der Waals surface area (Å²) in [6, 6.07) is 5.62. The maximum Gasteiger partial charge on any atom is 0.252 e. The molecular weight excluding hydrogens is 282 g/mol. The Morgan fingerprint density at radius 2 is 2.18 bits per heavy atom. The number of hydrogen-bond acceptors (Lipinski definition) is 4. The molecule has 1 aliphatic carbocycles. The third-order valence-corrected chi connectivity index (χ3v) is 4.75. The van der Waals surface area contributed by atoms with Gasteiger partial charge in [-0.15, -0.1) is 0 Å². The SMILES string of the molecule is NC(=O)c1coc2ccc(C(=O)NC3CC4CNC3C4)cc12. The minimum Gasteiger partial charge on any atom is -0.463 e. The van der Waals surface area contributed by atoms with Gasteiger partial charge in [0.25, 0.3) is 11.8 Å². The van der Waals surface area contributed by atoms with Crippen LogP contribution in [0.1, 0.15) is 33.6 Å². The highest BCUT2D eigenvalue weighted by Crippen LogP contribution is 2.31. The fraction of sp³-hybridized carbons (Fsp3) is 0.375. The second kappa shape index (κ2) is 4.84. The second-order valence-corrected chi connectivity index (χ2v) is 6.16. The maximum atomic E-state index is 12.4. The summed E-state index contributed by atoms with van der Waals surface area (Å²) in [6.45, 7) is 1.06. The number of nitrogens with two attached hydrogens (primary N) is 1. The van der Waals surface area contributed by atoms with Crippen LogP contribution in [0, 0.1) is 5.92 Å². The highest BCUT2D eigenvalue weighted by molar-refractivity contribution is 6.07. The summed E-state index contributed by atoms with van der Waals surface area (Å²) in [4.78, 5) is 23.8. The summed E-state index contributed by atoms with van der Waals surface area (Å²) in [7, 11) is 0. The molecule has 22 heavy (non-hydrogen) atoms. The molecule has 1 saturated heterocycles. The van der Waals surface area contributed by atoms with Crippen LogP contribution in [0.5, 0.6) is 0 Å². The van der Waals surface area contributed by atoms with Crippen molar-refractivity contribution in [3.63, 3.8) is 0 Å². The van der Waals surface area contributed by atoms with Crippen LogP contribution in [0.15, 0.2) is 28.9 Å². The lowest BCUT2D eigenvalue weighted by Gasteiger charge is -2.24. The van der Waals surface area contributed by atoms with Crippen molar-refractivity contribution in [2.45, 2.75) is 24.9 Å². The predicted molar refractivity (Wildman–Crippen MR) is 80.5 cm³/mol. The molecule has 0 radical (unpaired) electrons. The molecule has 3 atom stereocenters. The Balaban J connectivity index is 1.59. The van der Waals surface area contributed by atoms with E-state index in [-0.39, 0.29) is 11.9 Å². The molecule has 1 aromatic carbocycles. The van der Waals surface area contributed by atoms with E-state index in [4.69, 9.17) is 10.2 Å². The number of nitrogens with one attached hydrogen (secondary N) is 2. The molecule has 2 bridgehead atoms. The Morgan fingerprint density at radius 3 is 2.86 bits per heavy atom. The van der Waals surface area contributed by atoms with Gasteiger partial charge in [0, 0.05) is 23.0 Å². The second-order valence-electron chi connectivity index (χ2n) is 6.16. The highest BCUT2D eigenvalue weighted by atomic mass is 16.3. The van der Waals surface area contributed by atoms with Crippen LogP contribution in [0.2, 0.25) is 0 Å². The van der Waals surface area contributed by atoms with Crippen LogP contribution >= 0.6 is 0 Å². The molecule has 2 amide bonds. The molecule has 1 saturated carbocycles. The first kappa shape index (κ1) is 13.3. The number of hydrogen-bond donors (Lipinski definition) is 3. The van der Waals surface area contributed by atoms with Gasteiger partial charge in [0.15, 0.2) is 0 Å². The van der Waals surface area contributed by atoms with Gasteiger partial charge in [-0.1, -0.05) is 0 Å². The lowest BCUT2D eigenvalue weighted by Crippen LogP contribution is -2.47. The lowest BCUT2D eigenvalue weighted by molar-refractivity contribution is 0.0927. The van der Waals surface area contributed by atoms with Crippen molar-refractivity contribution in [1.82, 2.24) is 10.6 Å². The van der Waals surface area contributed by atoms with Crippen LogP contribution in [0.3, 0.4) is 0 Å². The molecule has 1 aromatic heterocycles. The van der Waals surface area contributed by atoms with Gasteiger partial charge in [-0.3, -0.25) is 9.59 Å². The first-order valence-corrected chi connectivity index (χ1v) is 7.47. The first-order chi connectivity index (χ1) is 10.6. The summed E-state index contributed by atoms with van der Waals surface area (Å²) in [5, 5.41) is 7.08. The van der Waals surface area contributed by atoms with E-state index in [1.807, 2.05) is 0 Å². The van der Waals surface area contributed by atoms with Crippen LogP contribution in [-0.4, -0.2) is 30.4 Å². The zero-order valence-corrected chi connectivity index (χ0v) is 12.0. The van der Waals surface area contributed by atoms with Crippen LogP contribution in [0.4, 0.5) is 0 Å². The number of carbonyl (C=O) groups is 2. The third-order valence-electron chi connectivity index (χ3n) is 4.75. The number of furan rings is 1. The normalized spacial score (nSPS) is 26.5. The van der Waals surface area contributed by atoms with Gasteiger partial charge in [0.2, 0.25) is 0 Å². The number of primary amides is 1. The quantitative estimate of drug-likeness (QED) is 0.788. The zero-order chi connectivity index (χ0) is 15.3. The largest absolute Gasteiger partial charge is 0.463 e. The van der Waals surface area contributed by atoms with Crippen LogP contribution in [-0.2, 0) is 0 Å². The predicted octanol–water partition coefficient (Wildman–Crippen LogP) is 1.01. The molecule has 4 N–H and O–H groups in total. The molecule has 114 valence electrons. The Bertz CT molecular complexity index is 767. The van der Waals surface area contributed by atoms with Gasteiger partial charge >= 0.3 is 0 Å². The fourth-order valence-corrected chi connectivity index (χ4v) is 3.63. The van der Waals surface area contributed by atoms with E-state index < -0.39 is 5.91 Å². The molecule has 2 aliphatic rings. The molecule has 1 aliphatic heterocycles. The number of rotatable bonds is 3. The zero-order valence-electron chi connectivity index (χ0n) is 12.0. The molecule has 2 heterocycles. The number of carbonyl (C=O) groups excluding carboxylic acids is 2. The fourth-order valence-electron chi connectivity index (χ4n) is 3.63. The van der Waals surface area contributed by atoms with E-state index in [2.05, 4.69) is 10.6 Å². The Morgan fingerprint density at radius 1 is 1.32 bits per heavy atom. The smallest absolute Gasteiger partial charge is 0.252 e. The van der Waals surface area contributed by atoms with E-state index in [0.717, 1.165) is 19.4 Å². The maximum absolute atomic E-state index is 12.4. The topological polar surface area (TPSA) is 97.4 Å². The van der Waals surface area contributed by atoms with Gasteiger partial charge in [0.05, 0.1) is 5.56 Å². The van der Waals surface area contributed by atoms with Gasteiger partial charge in [-0.05, 0) is 43.5 Å². The van der Waals surface area contributed by atoms with Crippen molar-refractivity contribution in [3.05, 3.63) is 35.6 Å². The molecule has 2 fully saturated rings. The van der Waals surface area contributed by atoms with Crippen LogP contribution in [0.25, 0.3) is 11.0 Å². The van der Waals surface area contributed by atoms with E-state index in [1.165, 1.54) is 6.26 Å². The van der Waals surface area contributed by atoms with Crippen molar-refractivity contribution in [2.24, 2.45) is 11.7 Å². The van der Waals surface area contributed by atoms with Crippen LogP contribution < -0.4 is 16.4 Å².